The minimum atomic E-state index is 0.309. The van der Waals surface area contributed by atoms with Crippen LogP contribution < -0.4 is 5.32 Å². The van der Waals surface area contributed by atoms with Gasteiger partial charge in [-0.3, -0.25) is 14.4 Å². The summed E-state index contributed by atoms with van der Waals surface area (Å²) in [6.45, 7) is 6.06. The number of nitrogens with one attached hydrogen (secondary N) is 1. The molecule has 1 saturated carbocycles. The lowest BCUT2D eigenvalue weighted by Crippen LogP contribution is -2.53. The maximum atomic E-state index is 12.4. The Morgan fingerprint density at radius 1 is 1.23 bits per heavy atom. The van der Waals surface area contributed by atoms with Gasteiger partial charge in [-0.2, -0.15) is 5.10 Å². The summed E-state index contributed by atoms with van der Waals surface area (Å²) in [7, 11) is 0. The molecule has 1 aromatic rings. The molecule has 0 spiro atoms. The summed E-state index contributed by atoms with van der Waals surface area (Å²) in [5.74, 6) is 0.309. The van der Waals surface area contributed by atoms with Crippen molar-refractivity contribution in [2.45, 2.75) is 51.4 Å². The number of amides is 1. The van der Waals surface area contributed by atoms with Crippen LogP contribution in [-0.2, 0) is 24.4 Å². The summed E-state index contributed by atoms with van der Waals surface area (Å²) in [6, 6.07) is 2.70. The van der Waals surface area contributed by atoms with Gasteiger partial charge in [0.05, 0.1) is 24.5 Å². The monoisotopic (exact) mass is 303 g/mol. The zero-order valence-electron chi connectivity index (χ0n) is 13.1. The van der Waals surface area contributed by atoms with Crippen molar-refractivity contribution < 1.29 is 4.79 Å². The van der Waals surface area contributed by atoms with Crippen molar-refractivity contribution >= 4 is 5.91 Å². The molecule has 1 N–H and O–H groups in total. The second-order valence-electron chi connectivity index (χ2n) is 6.76. The first kappa shape index (κ1) is 14.2. The molecule has 2 fully saturated rings. The molecule has 0 atom stereocenters. The molecule has 1 aliphatic carbocycles. The van der Waals surface area contributed by atoms with Crippen LogP contribution in [-0.4, -0.2) is 57.7 Å². The van der Waals surface area contributed by atoms with Crippen LogP contribution in [0.1, 0.15) is 37.1 Å². The number of carbonyl (C=O) groups is 1. The van der Waals surface area contributed by atoms with Crippen molar-refractivity contribution in [3.63, 3.8) is 0 Å². The fourth-order valence-electron chi connectivity index (χ4n) is 4.03. The van der Waals surface area contributed by atoms with Gasteiger partial charge < -0.3 is 10.2 Å². The van der Waals surface area contributed by atoms with E-state index in [9.17, 15) is 4.79 Å². The maximum Gasteiger partial charge on any atom is 0.237 e. The number of carbonyl (C=O) groups excluding carboxylic acids is 1. The fraction of sp³-hybridized carbons (Fsp3) is 0.750. The first-order chi connectivity index (χ1) is 10.8. The zero-order valence-corrected chi connectivity index (χ0v) is 13.1. The first-order valence-electron chi connectivity index (χ1n) is 8.58. The maximum absolute atomic E-state index is 12.4. The van der Waals surface area contributed by atoms with Crippen molar-refractivity contribution in [1.82, 2.24) is 24.9 Å². The molecule has 2 aliphatic heterocycles. The predicted molar refractivity (Wildman–Crippen MR) is 83.2 cm³/mol. The van der Waals surface area contributed by atoms with Crippen LogP contribution in [0.5, 0.6) is 0 Å². The number of hydrogen-bond donors (Lipinski definition) is 1. The van der Waals surface area contributed by atoms with E-state index < -0.39 is 0 Å². The number of nitrogens with zero attached hydrogens (tertiary/aromatic N) is 4. The number of rotatable bonds is 3. The Bertz CT molecular complexity index is 525. The van der Waals surface area contributed by atoms with Crippen molar-refractivity contribution in [2.75, 3.05) is 26.2 Å². The molecule has 6 nitrogen and oxygen atoms in total. The van der Waals surface area contributed by atoms with Gasteiger partial charge in [0.25, 0.3) is 0 Å². The Balaban J connectivity index is 1.36. The van der Waals surface area contributed by atoms with Crippen LogP contribution in [0.3, 0.4) is 0 Å². The quantitative estimate of drug-likeness (QED) is 0.887. The minimum absolute atomic E-state index is 0.309. The largest absolute Gasteiger partial charge is 0.337 e. The van der Waals surface area contributed by atoms with Crippen LogP contribution in [0.25, 0.3) is 0 Å². The van der Waals surface area contributed by atoms with E-state index in [0.717, 1.165) is 45.0 Å². The van der Waals surface area contributed by atoms with Crippen LogP contribution >= 0.6 is 0 Å². The van der Waals surface area contributed by atoms with Gasteiger partial charge in [-0.25, -0.2) is 0 Å². The smallest absolute Gasteiger partial charge is 0.237 e. The normalized spacial score (nSPS) is 24.0. The Hall–Kier alpha value is -1.40. The van der Waals surface area contributed by atoms with E-state index >= 15 is 0 Å². The second kappa shape index (κ2) is 6.01. The molecule has 0 radical (unpaired) electrons. The van der Waals surface area contributed by atoms with Crippen LogP contribution in [0.2, 0.25) is 0 Å². The molecular formula is C16H25N5O. The third-order valence-corrected chi connectivity index (χ3v) is 5.21. The average molecular weight is 303 g/mol. The molecule has 0 bridgehead atoms. The van der Waals surface area contributed by atoms with Gasteiger partial charge in [-0.1, -0.05) is 12.8 Å². The van der Waals surface area contributed by atoms with Crippen molar-refractivity contribution in [2.24, 2.45) is 0 Å². The molecule has 1 aromatic heterocycles. The SMILES string of the molecule is O=C1CN(Cc2cc3n(n2)CCNC3)CCN1C1CCCC1. The van der Waals surface area contributed by atoms with Crippen LogP contribution in [0.15, 0.2) is 6.07 Å². The summed E-state index contributed by atoms with van der Waals surface area (Å²) < 4.78 is 2.10. The Labute approximate surface area is 131 Å². The summed E-state index contributed by atoms with van der Waals surface area (Å²) in [4.78, 5) is 16.8. The second-order valence-corrected chi connectivity index (χ2v) is 6.76. The molecule has 1 saturated heterocycles. The number of fused-ring (bicyclic) bond motifs is 1. The van der Waals surface area contributed by atoms with Gasteiger partial charge in [0, 0.05) is 38.8 Å². The molecule has 120 valence electrons. The Morgan fingerprint density at radius 2 is 2.09 bits per heavy atom. The third-order valence-electron chi connectivity index (χ3n) is 5.21. The number of hydrogen-bond acceptors (Lipinski definition) is 4. The van der Waals surface area contributed by atoms with E-state index in [1.807, 2.05) is 0 Å². The molecule has 22 heavy (non-hydrogen) atoms. The molecule has 4 rings (SSSR count). The lowest BCUT2D eigenvalue weighted by molar-refractivity contribution is -0.138. The van der Waals surface area contributed by atoms with Crippen molar-refractivity contribution in [3.8, 4) is 0 Å². The van der Waals surface area contributed by atoms with Crippen LogP contribution in [0, 0.1) is 0 Å². The molecule has 1 amide bonds. The highest BCUT2D eigenvalue weighted by Crippen LogP contribution is 2.25. The van der Waals surface area contributed by atoms with Gasteiger partial charge in [0.15, 0.2) is 0 Å². The summed E-state index contributed by atoms with van der Waals surface area (Å²) >= 11 is 0. The fourth-order valence-corrected chi connectivity index (χ4v) is 4.03. The standard InChI is InChI=1S/C16H25N5O/c22-16-12-19(7-8-20(16)14-3-1-2-4-14)11-13-9-15-10-17-5-6-21(15)18-13/h9,14,17H,1-8,10-12H2. The van der Waals surface area contributed by atoms with E-state index in [2.05, 4.69) is 31.0 Å². The number of piperazine rings is 1. The lowest BCUT2D eigenvalue weighted by atomic mass is 10.1. The van der Waals surface area contributed by atoms with Gasteiger partial charge in [-0.15, -0.1) is 0 Å². The van der Waals surface area contributed by atoms with Crippen molar-refractivity contribution in [3.05, 3.63) is 17.5 Å². The van der Waals surface area contributed by atoms with Crippen molar-refractivity contribution in [1.29, 1.82) is 0 Å². The third kappa shape index (κ3) is 2.77. The molecule has 0 unspecified atom stereocenters. The van der Waals surface area contributed by atoms with E-state index in [-0.39, 0.29) is 0 Å². The minimum Gasteiger partial charge on any atom is -0.337 e. The highest BCUT2D eigenvalue weighted by atomic mass is 16.2. The lowest BCUT2D eigenvalue weighted by Gasteiger charge is -2.37. The summed E-state index contributed by atoms with van der Waals surface area (Å²) in [6.07, 6.45) is 4.97. The number of aromatic nitrogens is 2. The Kier molecular flexibility index (Phi) is 3.88. The molecule has 0 aromatic carbocycles. The summed E-state index contributed by atoms with van der Waals surface area (Å²) in [5.41, 5.74) is 2.36. The molecule has 3 aliphatic rings. The summed E-state index contributed by atoms with van der Waals surface area (Å²) in [5, 5.41) is 8.04. The molecular weight excluding hydrogens is 278 g/mol. The molecule has 3 heterocycles. The van der Waals surface area contributed by atoms with Gasteiger partial charge in [0.1, 0.15) is 0 Å². The zero-order chi connectivity index (χ0) is 14.9. The Morgan fingerprint density at radius 3 is 2.86 bits per heavy atom. The predicted octanol–water partition coefficient (Wildman–Crippen LogP) is 0.573. The van der Waals surface area contributed by atoms with E-state index in [4.69, 9.17) is 0 Å². The van der Waals surface area contributed by atoms with Gasteiger partial charge in [0.2, 0.25) is 5.91 Å². The highest BCUT2D eigenvalue weighted by Gasteiger charge is 2.31. The average Bonchev–Trinajstić information content (AvgIpc) is 3.15. The van der Waals surface area contributed by atoms with E-state index in [1.54, 1.807) is 0 Å². The highest BCUT2D eigenvalue weighted by molar-refractivity contribution is 5.79. The first-order valence-corrected chi connectivity index (χ1v) is 8.58. The van der Waals surface area contributed by atoms with E-state index in [0.29, 0.717) is 18.5 Å². The topological polar surface area (TPSA) is 53.4 Å². The van der Waals surface area contributed by atoms with Crippen LogP contribution in [0.4, 0.5) is 0 Å². The molecule has 6 heteroatoms. The van der Waals surface area contributed by atoms with Gasteiger partial charge in [-0.05, 0) is 18.9 Å². The van der Waals surface area contributed by atoms with Gasteiger partial charge >= 0.3 is 0 Å². The van der Waals surface area contributed by atoms with E-state index in [1.165, 1.54) is 31.4 Å².